The van der Waals surface area contributed by atoms with Crippen molar-refractivity contribution in [3.05, 3.63) is 0 Å². The Bertz CT molecular complexity index is 196. The molecule has 0 bridgehead atoms. The van der Waals surface area contributed by atoms with Crippen LogP contribution in [0.15, 0.2) is 0 Å². The third-order valence-corrected chi connectivity index (χ3v) is 5.66. The smallest absolute Gasteiger partial charge is 0.100 e. The molecule has 0 aliphatic heterocycles. The van der Waals surface area contributed by atoms with Gasteiger partial charge < -0.3 is 4.74 Å². The number of hydrogen-bond acceptors (Lipinski definition) is 2. The van der Waals surface area contributed by atoms with Crippen LogP contribution in [0, 0.1) is 0 Å². The van der Waals surface area contributed by atoms with Crippen molar-refractivity contribution in [3.63, 3.8) is 0 Å². The summed E-state index contributed by atoms with van der Waals surface area (Å²) in [6.45, 7) is 0. The first-order chi connectivity index (χ1) is 7.78. The van der Waals surface area contributed by atoms with E-state index in [-0.39, 0.29) is 0 Å². The van der Waals surface area contributed by atoms with Gasteiger partial charge >= 0.3 is 0 Å². The monoisotopic (exact) mass is 246 g/mol. The van der Waals surface area contributed by atoms with E-state index in [2.05, 4.69) is 11.8 Å². The molecule has 2 aliphatic rings. The van der Waals surface area contributed by atoms with Gasteiger partial charge in [0, 0.05) is 17.6 Å². The molecule has 0 atom stereocenters. The van der Waals surface area contributed by atoms with E-state index < -0.39 is 6.17 Å². The highest BCUT2D eigenvalue weighted by Gasteiger charge is 2.27. The summed E-state index contributed by atoms with van der Waals surface area (Å²) in [5.74, 6) is 0. The average molecular weight is 246 g/mol. The Morgan fingerprint density at radius 1 is 0.875 bits per heavy atom. The molecule has 0 amide bonds. The zero-order chi connectivity index (χ0) is 11.4. The van der Waals surface area contributed by atoms with E-state index >= 15 is 0 Å². The van der Waals surface area contributed by atoms with Gasteiger partial charge in [0.05, 0.1) is 6.10 Å². The Morgan fingerprint density at radius 3 is 1.88 bits per heavy atom. The maximum Gasteiger partial charge on any atom is 0.100 e. The molecule has 0 unspecified atom stereocenters. The first-order valence-corrected chi connectivity index (χ1v) is 7.54. The minimum Gasteiger partial charge on any atom is -0.381 e. The summed E-state index contributed by atoms with van der Waals surface area (Å²) in [4.78, 5) is 0. The number of halogens is 1. The molecule has 94 valence electrons. The summed E-state index contributed by atoms with van der Waals surface area (Å²) in [5.41, 5.74) is 0. The largest absolute Gasteiger partial charge is 0.381 e. The molecule has 2 fully saturated rings. The molecule has 2 aliphatic carbocycles. The van der Waals surface area contributed by atoms with Crippen LogP contribution in [0.1, 0.15) is 51.4 Å². The lowest BCUT2D eigenvalue weighted by atomic mass is 9.97. The van der Waals surface area contributed by atoms with Gasteiger partial charge in [-0.25, -0.2) is 4.39 Å². The molecule has 0 N–H and O–H groups in total. The van der Waals surface area contributed by atoms with Crippen LogP contribution >= 0.6 is 11.8 Å². The van der Waals surface area contributed by atoms with Crippen LogP contribution in [-0.4, -0.2) is 29.9 Å². The van der Waals surface area contributed by atoms with Gasteiger partial charge in [-0.2, -0.15) is 11.8 Å². The van der Waals surface area contributed by atoms with Crippen molar-refractivity contribution in [1.82, 2.24) is 0 Å². The molecule has 0 aromatic carbocycles. The Balaban J connectivity index is 1.66. The molecule has 3 heteroatoms. The van der Waals surface area contributed by atoms with Crippen LogP contribution in [0.25, 0.3) is 0 Å². The van der Waals surface area contributed by atoms with Crippen LogP contribution in [-0.2, 0) is 4.74 Å². The van der Waals surface area contributed by atoms with Crippen LogP contribution in [0.5, 0.6) is 0 Å². The molecule has 0 spiro atoms. The van der Waals surface area contributed by atoms with Crippen LogP contribution < -0.4 is 0 Å². The predicted molar refractivity (Wildman–Crippen MR) is 67.8 cm³/mol. The lowest BCUT2D eigenvalue weighted by molar-refractivity contribution is 0.0723. The minimum atomic E-state index is -0.513. The Kier molecular flexibility index (Phi) is 4.96. The predicted octanol–water partition coefficient (Wildman–Crippen LogP) is 3.96. The van der Waals surface area contributed by atoms with Crippen molar-refractivity contribution < 1.29 is 9.13 Å². The topological polar surface area (TPSA) is 9.23 Å². The van der Waals surface area contributed by atoms with Crippen LogP contribution in [0.3, 0.4) is 0 Å². The van der Waals surface area contributed by atoms with E-state index in [9.17, 15) is 4.39 Å². The quantitative estimate of drug-likeness (QED) is 0.745. The second-order valence-corrected chi connectivity index (χ2v) is 6.75. The summed E-state index contributed by atoms with van der Waals surface area (Å²) in [6.07, 6.45) is 8.78. The second-order valence-electron chi connectivity index (χ2n) is 5.14. The molecule has 0 radical (unpaired) electrons. The molecule has 0 saturated heterocycles. The van der Waals surface area contributed by atoms with Crippen molar-refractivity contribution in [3.8, 4) is 0 Å². The van der Waals surface area contributed by atoms with Crippen molar-refractivity contribution in [2.24, 2.45) is 0 Å². The van der Waals surface area contributed by atoms with Gasteiger partial charge in [-0.05, 0) is 51.4 Å². The number of alkyl halides is 1. The van der Waals surface area contributed by atoms with Crippen molar-refractivity contribution in [2.75, 3.05) is 7.11 Å². The molecular weight excluding hydrogens is 223 g/mol. The summed E-state index contributed by atoms with van der Waals surface area (Å²) in [5, 5.41) is 1.55. The normalized spacial score (nSPS) is 40.9. The lowest BCUT2D eigenvalue weighted by Crippen LogP contribution is -2.25. The van der Waals surface area contributed by atoms with Gasteiger partial charge in [-0.3, -0.25) is 0 Å². The molecule has 16 heavy (non-hydrogen) atoms. The minimum absolute atomic E-state index is 0.499. The summed E-state index contributed by atoms with van der Waals surface area (Å²) in [7, 11) is 1.82. The van der Waals surface area contributed by atoms with Gasteiger partial charge in [0.25, 0.3) is 0 Å². The van der Waals surface area contributed by atoms with E-state index in [1.807, 2.05) is 7.11 Å². The first kappa shape index (κ1) is 12.7. The molecule has 1 nitrogen and oxygen atoms in total. The summed E-state index contributed by atoms with van der Waals surface area (Å²) in [6, 6.07) is 0. The first-order valence-electron chi connectivity index (χ1n) is 6.60. The molecule has 0 aromatic rings. The molecule has 0 heterocycles. The maximum atomic E-state index is 13.0. The van der Waals surface area contributed by atoms with Crippen LogP contribution in [0.2, 0.25) is 0 Å². The van der Waals surface area contributed by atoms with E-state index in [1.165, 1.54) is 25.7 Å². The Morgan fingerprint density at radius 2 is 1.38 bits per heavy atom. The van der Waals surface area contributed by atoms with Gasteiger partial charge in [-0.15, -0.1) is 0 Å². The van der Waals surface area contributed by atoms with Gasteiger partial charge in [-0.1, -0.05) is 0 Å². The number of methoxy groups -OCH3 is 1. The van der Waals surface area contributed by atoms with E-state index in [1.54, 1.807) is 0 Å². The zero-order valence-electron chi connectivity index (χ0n) is 10.2. The Labute approximate surface area is 103 Å². The van der Waals surface area contributed by atoms with Crippen molar-refractivity contribution in [2.45, 2.75) is 74.1 Å². The molecule has 0 aromatic heterocycles. The number of rotatable bonds is 3. The fourth-order valence-electron chi connectivity index (χ4n) is 2.83. The fourth-order valence-corrected chi connectivity index (χ4v) is 4.47. The second kappa shape index (κ2) is 6.25. The number of ether oxygens (including phenoxy) is 1. The molecule has 2 rings (SSSR count). The zero-order valence-corrected chi connectivity index (χ0v) is 11.0. The molecular formula is C13H23FOS. The third-order valence-electron chi connectivity index (χ3n) is 3.94. The maximum absolute atomic E-state index is 13.0. The number of hydrogen-bond donors (Lipinski definition) is 0. The fraction of sp³-hybridized carbons (Fsp3) is 1.00. The van der Waals surface area contributed by atoms with Gasteiger partial charge in [0.2, 0.25) is 0 Å². The lowest BCUT2D eigenvalue weighted by Gasteiger charge is -2.32. The van der Waals surface area contributed by atoms with Gasteiger partial charge in [0.15, 0.2) is 0 Å². The summed E-state index contributed by atoms with van der Waals surface area (Å²) < 4.78 is 18.4. The van der Waals surface area contributed by atoms with Crippen LogP contribution in [0.4, 0.5) is 4.39 Å². The average Bonchev–Trinajstić information content (AvgIpc) is 2.33. The molecule has 2 saturated carbocycles. The standard InChI is InChI=1S/C13H23FOS/c1-15-11-4-8-13(9-5-11)16-12-6-2-10(14)3-7-12/h10-13H,2-9H2,1H3. The van der Waals surface area contributed by atoms with Crippen molar-refractivity contribution >= 4 is 11.8 Å². The van der Waals surface area contributed by atoms with Crippen molar-refractivity contribution in [1.29, 1.82) is 0 Å². The van der Waals surface area contributed by atoms with E-state index in [0.717, 1.165) is 36.2 Å². The van der Waals surface area contributed by atoms with E-state index in [0.29, 0.717) is 6.10 Å². The highest BCUT2D eigenvalue weighted by molar-refractivity contribution is 8.00. The number of thioether (sulfide) groups is 1. The SMILES string of the molecule is COC1CCC(SC2CCC(F)CC2)CC1. The third kappa shape index (κ3) is 3.63. The highest BCUT2D eigenvalue weighted by Crippen LogP contribution is 2.38. The highest BCUT2D eigenvalue weighted by atomic mass is 32.2. The van der Waals surface area contributed by atoms with E-state index in [4.69, 9.17) is 4.74 Å². The Hall–Kier alpha value is 0.240. The van der Waals surface area contributed by atoms with Gasteiger partial charge in [0.1, 0.15) is 6.17 Å². The summed E-state index contributed by atoms with van der Waals surface area (Å²) >= 11 is 2.13.